The number of carbonyl (C=O) groups excluding carboxylic acids is 1. The van der Waals surface area contributed by atoms with E-state index in [-0.39, 0.29) is 18.0 Å². The summed E-state index contributed by atoms with van der Waals surface area (Å²) in [7, 11) is 1.84. The summed E-state index contributed by atoms with van der Waals surface area (Å²) in [6, 6.07) is 10.6. The van der Waals surface area contributed by atoms with Gasteiger partial charge in [-0.15, -0.1) is 0 Å². The van der Waals surface area contributed by atoms with Crippen LogP contribution in [0.5, 0.6) is 0 Å². The van der Waals surface area contributed by atoms with Gasteiger partial charge in [-0.2, -0.15) is 0 Å². The van der Waals surface area contributed by atoms with Gasteiger partial charge < -0.3 is 5.32 Å². The molecule has 0 heterocycles. The molecule has 1 unspecified atom stereocenters. The van der Waals surface area contributed by atoms with Crippen LogP contribution in [-0.4, -0.2) is 24.4 Å². The summed E-state index contributed by atoms with van der Waals surface area (Å²) in [4.78, 5) is 14.0. The fraction of sp³-hybridized carbons (Fsp3) is 0.278. The zero-order valence-electron chi connectivity index (χ0n) is 13.5. The van der Waals surface area contributed by atoms with Crippen LogP contribution in [0.25, 0.3) is 0 Å². The highest BCUT2D eigenvalue weighted by molar-refractivity contribution is 9.10. The fourth-order valence-corrected chi connectivity index (χ4v) is 2.85. The Morgan fingerprint density at radius 1 is 1.25 bits per heavy atom. The second-order valence-electron chi connectivity index (χ2n) is 5.72. The standard InChI is InChI=1S/C18H19BrF2N2O/c1-12(15-8-7-14(20)9-17(15)21)22-18(24)11-23(2)10-13-5-3-4-6-16(13)19/h3-9,12H,10-11H2,1-2H3,(H,22,24). The van der Waals surface area contributed by atoms with E-state index in [1.807, 2.05) is 36.2 Å². The molecule has 0 aromatic heterocycles. The van der Waals surface area contributed by atoms with Crippen LogP contribution in [0.2, 0.25) is 0 Å². The van der Waals surface area contributed by atoms with Crippen molar-refractivity contribution < 1.29 is 13.6 Å². The van der Waals surface area contributed by atoms with Crippen molar-refractivity contribution in [1.82, 2.24) is 10.2 Å². The number of likely N-dealkylation sites (N-methyl/N-ethyl adjacent to an activating group) is 1. The van der Waals surface area contributed by atoms with Gasteiger partial charge in [0.15, 0.2) is 0 Å². The molecular formula is C18H19BrF2N2O. The summed E-state index contributed by atoms with van der Waals surface area (Å²) >= 11 is 3.48. The van der Waals surface area contributed by atoms with Crippen LogP contribution < -0.4 is 5.32 Å². The Morgan fingerprint density at radius 2 is 1.96 bits per heavy atom. The van der Waals surface area contributed by atoms with Crippen LogP contribution in [0.4, 0.5) is 8.78 Å². The molecule has 2 aromatic carbocycles. The molecule has 0 fully saturated rings. The monoisotopic (exact) mass is 396 g/mol. The van der Waals surface area contributed by atoms with Crippen LogP contribution >= 0.6 is 15.9 Å². The lowest BCUT2D eigenvalue weighted by Crippen LogP contribution is -2.36. The summed E-state index contributed by atoms with van der Waals surface area (Å²) < 4.78 is 27.7. The minimum atomic E-state index is -0.663. The Labute approximate surface area is 148 Å². The maximum Gasteiger partial charge on any atom is 0.234 e. The van der Waals surface area contributed by atoms with E-state index in [0.29, 0.717) is 6.54 Å². The van der Waals surface area contributed by atoms with E-state index in [1.165, 1.54) is 12.1 Å². The number of hydrogen-bond acceptors (Lipinski definition) is 2. The van der Waals surface area contributed by atoms with Crippen molar-refractivity contribution in [2.24, 2.45) is 0 Å². The van der Waals surface area contributed by atoms with Gasteiger partial charge in [0.05, 0.1) is 12.6 Å². The Morgan fingerprint density at radius 3 is 2.62 bits per heavy atom. The first-order chi connectivity index (χ1) is 11.4. The minimum Gasteiger partial charge on any atom is -0.348 e. The molecule has 1 N–H and O–H groups in total. The van der Waals surface area contributed by atoms with Crippen LogP contribution in [0.1, 0.15) is 24.1 Å². The lowest BCUT2D eigenvalue weighted by molar-refractivity contribution is -0.122. The number of nitrogens with one attached hydrogen (secondary N) is 1. The predicted molar refractivity (Wildman–Crippen MR) is 93.4 cm³/mol. The summed E-state index contributed by atoms with van der Waals surface area (Å²) in [5.74, 6) is -1.52. The molecule has 0 saturated heterocycles. The number of amides is 1. The Bertz CT molecular complexity index is 724. The Kier molecular flexibility index (Phi) is 6.45. The molecule has 2 aromatic rings. The molecule has 24 heavy (non-hydrogen) atoms. The zero-order valence-corrected chi connectivity index (χ0v) is 15.1. The van der Waals surface area contributed by atoms with Crippen molar-refractivity contribution in [1.29, 1.82) is 0 Å². The van der Waals surface area contributed by atoms with E-state index < -0.39 is 17.7 Å². The molecule has 0 aliphatic heterocycles. The van der Waals surface area contributed by atoms with Gasteiger partial charge in [0.2, 0.25) is 5.91 Å². The number of nitrogens with zero attached hydrogens (tertiary/aromatic N) is 1. The molecular weight excluding hydrogens is 378 g/mol. The molecule has 3 nitrogen and oxygen atoms in total. The number of halogens is 3. The molecule has 0 saturated carbocycles. The third-order valence-electron chi connectivity index (χ3n) is 3.62. The maximum atomic E-state index is 13.7. The number of hydrogen-bond donors (Lipinski definition) is 1. The number of benzene rings is 2. The van der Waals surface area contributed by atoms with Crippen LogP contribution in [-0.2, 0) is 11.3 Å². The summed E-state index contributed by atoms with van der Waals surface area (Å²) in [6.45, 7) is 2.45. The quantitative estimate of drug-likeness (QED) is 0.798. The van der Waals surface area contributed by atoms with E-state index in [2.05, 4.69) is 21.2 Å². The van der Waals surface area contributed by atoms with Gasteiger partial charge in [-0.25, -0.2) is 8.78 Å². The van der Waals surface area contributed by atoms with Crippen LogP contribution in [0.15, 0.2) is 46.9 Å². The molecule has 128 valence electrons. The zero-order chi connectivity index (χ0) is 17.7. The largest absolute Gasteiger partial charge is 0.348 e. The van der Waals surface area contributed by atoms with Crippen molar-refractivity contribution >= 4 is 21.8 Å². The van der Waals surface area contributed by atoms with Crippen molar-refractivity contribution in [2.75, 3.05) is 13.6 Å². The first kappa shape index (κ1) is 18.5. The molecule has 1 atom stereocenters. The van der Waals surface area contributed by atoms with Crippen molar-refractivity contribution in [3.63, 3.8) is 0 Å². The minimum absolute atomic E-state index is 0.175. The highest BCUT2D eigenvalue weighted by atomic mass is 79.9. The van der Waals surface area contributed by atoms with Gasteiger partial charge in [-0.1, -0.05) is 40.2 Å². The van der Waals surface area contributed by atoms with Gasteiger partial charge in [0.1, 0.15) is 11.6 Å². The lowest BCUT2D eigenvalue weighted by Gasteiger charge is -2.20. The SMILES string of the molecule is CC(NC(=O)CN(C)Cc1ccccc1Br)c1ccc(F)cc1F. The lowest BCUT2D eigenvalue weighted by atomic mass is 10.1. The summed E-state index contributed by atoms with van der Waals surface area (Å²) in [5, 5.41) is 2.73. The highest BCUT2D eigenvalue weighted by Crippen LogP contribution is 2.18. The van der Waals surface area contributed by atoms with Crippen molar-refractivity contribution in [3.05, 3.63) is 69.7 Å². The molecule has 1 amide bonds. The molecule has 0 aliphatic rings. The molecule has 0 bridgehead atoms. The maximum absolute atomic E-state index is 13.7. The van der Waals surface area contributed by atoms with E-state index >= 15 is 0 Å². The van der Waals surface area contributed by atoms with E-state index in [1.54, 1.807) is 6.92 Å². The molecule has 0 radical (unpaired) electrons. The van der Waals surface area contributed by atoms with Gasteiger partial charge >= 0.3 is 0 Å². The number of carbonyl (C=O) groups is 1. The molecule has 0 aliphatic carbocycles. The van der Waals surface area contributed by atoms with Gasteiger partial charge in [0, 0.05) is 22.6 Å². The average Bonchev–Trinajstić information content (AvgIpc) is 2.49. The second kappa shape index (κ2) is 8.35. The average molecular weight is 397 g/mol. The Hall–Kier alpha value is -1.79. The van der Waals surface area contributed by atoms with Crippen LogP contribution in [0, 0.1) is 11.6 Å². The Balaban J connectivity index is 1.91. The fourth-order valence-electron chi connectivity index (χ4n) is 2.44. The normalized spacial score (nSPS) is 12.2. The summed E-state index contributed by atoms with van der Waals surface area (Å²) in [6.07, 6.45) is 0. The van der Waals surface area contributed by atoms with Gasteiger partial charge in [0.25, 0.3) is 0 Å². The first-order valence-corrected chi connectivity index (χ1v) is 8.32. The molecule has 0 spiro atoms. The topological polar surface area (TPSA) is 32.3 Å². The number of rotatable bonds is 6. The third-order valence-corrected chi connectivity index (χ3v) is 4.39. The third kappa shape index (κ3) is 5.11. The van der Waals surface area contributed by atoms with Crippen molar-refractivity contribution in [3.8, 4) is 0 Å². The predicted octanol–water partition coefficient (Wildman–Crippen LogP) is 4.04. The first-order valence-electron chi connectivity index (χ1n) is 7.53. The van der Waals surface area contributed by atoms with Gasteiger partial charge in [-0.3, -0.25) is 9.69 Å². The van der Waals surface area contributed by atoms with Crippen molar-refractivity contribution in [2.45, 2.75) is 19.5 Å². The second-order valence-corrected chi connectivity index (χ2v) is 6.57. The molecule has 6 heteroatoms. The highest BCUT2D eigenvalue weighted by Gasteiger charge is 2.15. The van der Waals surface area contributed by atoms with E-state index in [4.69, 9.17) is 0 Å². The van der Waals surface area contributed by atoms with Crippen LogP contribution in [0.3, 0.4) is 0 Å². The smallest absolute Gasteiger partial charge is 0.234 e. The summed E-state index contributed by atoms with van der Waals surface area (Å²) in [5.41, 5.74) is 1.34. The van der Waals surface area contributed by atoms with E-state index in [0.717, 1.165) is 16.1 Å². The van der Waals surface area contributed by atoms with Gasteiger partial charge in [-0.05, 0) is 31.7 Å². The molecule has 2 rings (SSSR count). The van der Waals surface area contributed by atoms with E-state index in [9.17, 15) is 13.6 Å².